The molecule has 3 rings (SSSR count). The number of rotatable bonds is 7. The predicted molar refractivity (Wildman–Crippen MR) is 108 cm³/mol. The number of aromatic nitrogens is 2. The van der Waals surface area contributed by atoms with Crippen molar-refractivity contribution in [2.75, 3.05) is 5.32 Å². The molecule has 1 amide bonds. The number of anilines is 1. The first kappa shape index (κ1) is 21.4. The molecule has 0 aliphatic heterocycles. The van der Waals surface area contributed by atoms with Crippen LogP contribution in [0.5, 0.6) is 11.5 Å². The third kappa shape index (κ3) is 5.81. The maximum atomic E-state index is 12.3. The molecule has 1 aromatic heterocycles. The highest BCUT2D eigenvalue weighted by Gasteiger charge is 2.13. The standard InChI is InChI=1S/C18H12BrCl2F2N3O3/c19-12-7-10(20)1-3-15(12)28-9-26-6-5-14(25-26)17(27)24-11-2-4-16(13(21)8-11)29-18(22)23/h1-8,18H,9H2,(H,24,27). The Morgan fingerprint density at radius 1 is 1.17 bits per heavy atom. The van der Waals surface area contributed by atoms with Crippen LogP contribution in [0.15, 0.2) is 53.1 Å². The smallest absolute Gasteiger partial charge is 0.387 e. The van der Waals surface area contributed by atoms with E-state index in [1.54, 1.807) is 24.4 Å². The van der Waals surface area contributed by atoms with Crippen LogP contribution in [0.1, 0.15) is 10.5 Å². The topological polar surface area (TPSA) is 65.4 Å². The first-order chi connectivity index (χ1) is 13.8. The number of carbonyl (C=O) groups is 1. The molecule has 2 aromatic carbocycles. The lowest BCUT2D eigenvalue weighted by Crippen LogP contribution is -2.14. The van der Waals surface area contributed by atoms with Crippen LogP contribution in [-0.2, 0) is 6.73 Å². The van der Waals surface area contributed by atoms with Crippen molar-refractivity contribution < 1.29 is 23.0 Å². The quantitative estimate of drug-likeness (QED) is 0.437. The molecule has 1 heterocycles. The van der Waals surface area contributed by atoms with Gasteiger partial charge in [-0.1, -0.05) is 23.2 Å². The van der Waals surface area contributed by atoms with E-state index in [-0.39, 0.29) is 23.2 Å². The van der Waals surface area contributed by atoms with Gasteiger partial charge in [-0.2, -0.15) is 13.9 Å². The van der Waals surface area contributed by atoms with Crippen molar-refractivity contribution in [3.05, 3.63) is 68.9 Å². The second-order valence-corrected chi connectivity index (χ2v) is 7.26. The Morgan fingerprint density at radius 2 is 1.93 bits per heavy atom. The summed E-state index contributed by atoms with van der Waals surface area (Å²) in [5.41, 5.74) is 0.435. The average molecular weight is 507 g/mol. The van der Waals surface area contributed by atoms with E-state index in [0.717, 1.165) is 0 Å². The summed E-state index contributed by atoms with van der Waals surface area (Å²) in [6.45, 7) is -2.92. The Hall–Kier alpha value is -2.36. The van der Waals surface area contributed by atoms with Gasteiger partial charge in [-0.25, -0.2) is 4.68 Å². The fraction of sp³-hybridized carbons (Fsp3) is 0.111. The maximum absolute atomic E-state index is 12.3. The molecular weight excluding hydrogens is 495 g/mol. The van der Waals surface area contributed by atoms with Crippen LogP contribution in [-0.4, -0.2) is 22.3 Å². The fourth-order valence-corrected chi connectivity index (χ4v) is 3.27. The van der Waals surface area contributed by atoms with Crippen molar-refractivity contribution in [1.82, 2.24) is 9.78 Å². The van der Waals surface area contributed by atoms with Gasteiger partial charge in [0.1, 0.15) is 11.5 Å². The van der Waals surface area contributed by atoms with Crippen molar-refractivity contribution in [3.8, 4) is 11.5 Å². The Morgan fingerprint density at radius 3 is 2.62 bits per heavy atom. The number of hydrogen-bond donors (Lipinski definition) is 1. The molecule has 3 aromatic rings. The van der Waals surface area contributed by atoms with Crippen molar-refractivity contribution in [1.29, 1.82) is 0 Å². The highest BCUT2D eigenvalue weighted by atomic mass is 79.9. The second kappa shape index (κ2) is 9.43. The molecule has 29 heavy (non-hydrogen) atoms. The number of nitrogens with one attached hydrogen (secondary N) is 1. The Labute approximate surface area is 182 Å². The van der Waals surface area contributed by atoms with E-state index in [1.807, 2.05) is 0 Å². The van der Waals surface area contributed by atoms with Gasteiger partial charge in [0.05, 0.1) is 9.50 Å². The van der Waals surface area contributed by atoms with Crippen LogP contribution in [0.3, 0.4) is 0 Å². The van der Waals surface area contributed by atoms with E-state index in [9.17, 15) is 13.6 Å². The largest absolute Gasteiger partial charge is 0.470 e. The SMILES string of the molecule is O=C(Nc1ccc(OC(F)F)c(Cl)c1)c1ccn(COc2ccc(Cl)cc2Br)n1. The van der Waals surface area contributed by atoms with Crippen molar-refractivity contribution in [2.24, 2.45) is 0 Å². The van der Waals surface area contributed by atoms with Gasteiger partial charge in [0, 0.05) is 16.9 Å². The number of carbonyl (C=O) groups excluding carboxylic acids is 1. The first-order valence-electron chi connectivity index (χ1n) is 7.99. The molecule has 0 saturated carbocycles. The van der Waals surface area contributed by atoms with Crippen LogP contribution < -0.4 is 14.8 Å². The van der Waals surface area contributed by atoms with Gasteiger partial charge in [0.25, 0.3) is 5.91 Å². The van der Waals surface area contributed by atoms with Gasteiger partial charge in [0.2, 0.25) is 0 Å². The molecule has 0 saturated heterocycles. The number of benzene rings is 2. The molecule has 0 spiro atoms. The molecule has 0 aliphatic rings. The van der Waals surface area contributed by atoms with Crippen LogP contribution in [0.25, 0.3) is 0 Å². The number of halogens is 5. The number of nitrogens with zero attached hydrogens (tertiary/aromatic N) is 2. The zero-order valence-electron chi connectivity index (χ0n) is 14.4. The first-order valence-corrected chi connectivity index (χ1v) is 9.54. The van der Waals surface area contributed by atoms with Crippen LogP contribution in [0, 0.1) is 0 Å². The van der Waals surface area contributed by atoms with Crippen molar-refractivity contribution >= 4 is 50.7 Å². The summed E-state index contributed by atoms with van der Waals surface area (Å²) in [7, 11) is 0. The molecule has 1 N–H and O–H groups in total. The summed E-state index contributed by atoms with van der Waals surface area (Å²) < 4.78 is 36.5. The summed E-state index contributed by atoms with van der Waals surface area (Å²) >= 11 is 15.1. The third-order valence-corrected chi connectivity index (χ3v) is 4.68. The molecule has 0 bridgehead atoms. The minimum Gasteiger partial charge on any atom is -0.470 e. The lowest BCUT2D eigenvalue weighted by atomic mass is 10.3. The van der Waals surface area contributed by atoms with Crippen molar-refractivity contribution in [3.63, 3.8) is 0 Å². The Kier molecular flexibility index (Phi) is 6.94. The van der Waals surface area contributed by atoms with Gasteiger partial charge < -0.3 is 14.8 Å². The van der Waals surface area contributed by atoms with E-state index >= 15 is 0 Å². The van der Waals surface area contributed by atoms with Gasteiger partial charge in [0.15, 0.2) is 12.4 Å². The van der Waals surface area contributed by atoms with Crippen LogP contribution in [0.4, 0.5) is 14.5 Å². The summed E-state index contributed by atoms with van der Waals surface area (Å²) in [5, 5.41) is 7.21. The van der Waals surface area contributed by atoms with E-state index in [1.165, 1.54) is 28.9 Å². The Balaban J connectivity index is 1.61. The highest BCUT2D eigenvalue weighted by Crippen LogP contribution is 2.29. The lowest BCUT2D eigenvalue weighted by molar-refractivity contribution is -0.0497. The summed E-state index contributed by atoms with van der Waals surface area (Å²) in [6, 6.07) is 10.5. The Bertz CT molecular complexity index is 1030. The van der Waals surface area contributed by atoms with Gasteiger partial charge in [-0.15, -0.1) is 0 Å². The molecule has 0 aliphatic carbocycles. The number of hydrogen-bond acceptors (Lipinski definition) is 4. The number of alkyl halides is 2. The molecule has 0 unspecified atom stereocenters. The minimum absolute atomic E-state index is 0.0597. The second-order valence-electron chi connectivity index (χ2n) is 5.57. The number of ether oxygens (including phenoxy) is 2. The highest BCUT2D eigenvalue weighted by molar-refractivity contribution is 9.10. The predicted octanol–water partition coefficient (Wildman–Crippen LogP) is 5.84. The zero-order chi connectivity index (χ0) is 21.0. The van der Waals surface area contributed by atoms with Gasteiger partial charge >= 0.3 is 6.61 Å². The fourth-order valence-electron chi connectivity index (χ4n) is 2.25. The monoisotopic (exact) mass is 505 g/mol. The van der Waals surface area contributed by atoms with Gasteiger partial charge in [-0.3, -0.25) is 4.79 Å². The molecule has 11 heteroatoms. The molecule has 0 fully saturated rings. The lowest BCUT2D eigenvalue weighted by Gasteiger charge is -2.09. The molecule has 6 nitrogen and oxygen atoms in total. The minimum atomic E-state index is -2.99. The van der Waals surface area contributed by atoms with E-state index in [2.05, 4.69) is 31.1 Å². The van der Waals surface area contributed by atoms with E-state index in [4.69, 9.17) is 27.9 Å². The zero-order valence-corrected chi connectivity index (χ0v) is 17.5. The van der Waals surface area contributed by atoms with Crippen LogP contribution in [0.2, 0.25) is 10.0 Å². The maximum Gasteiger partial charge on any atom is 0.387 e. The molecule has 152 valence electrons. The van der Waals surface area contributed by atoms with E-state index < -0.39 is 12.5 Å². The van der Waals surface area contributed by atoms with E-state index in [0.29, 0.717) is 20.9 Å². The van der Waals surface area contributed by atoms with Crippen LogP contribution >= 0.6 is 39.1 Å². The summed E-state index contributed by atoms with van der Waals surface area (Å²) in [5.74, 6) is -0.124. The normalized spacial score (nSPS) is 10.8. The third-order valence-electron chi connectivity index (χ3n) is 3.53. The molecule has 0 radical (unpaired) electrons. The summed E-state index contributed by atoms with van der Waals surface area (Å²) in [4.78, 5) is 12.3. The molecule has 0 atom stereocenters. The van der Waals surface area contributed by atoms with Crippen molar-refractivity contribution in [2.45, 2.75) is 13.3 Å². The number of amides is 1. The summed E-state index contributed by atoms with van der Waals surface area (Å²) in [6.07, 6.45) is 1.57. The average Bonchev–Trinajstić information content (AvgIpc) is 3.12. The van der Waals surface area contributed by atoms with Gasteiger partial charge in [-0.05, 0) is 58.4 Å². The molecular formula is C18H12BrCl2F2N3O3.